The lowest BCUT2D eigenvalue weighted by molar-refractivity contribution is -0.128. The second-order valence-electron chi connectivity index (χ2n) is 5.16. The fraction of sp³-hybridized carbons (Fsp3) is 0.500. The number of nitrogens with one attached hydrogen (secondary N) is 1. The number of aromatic hydroxyl groups is 1. The largest absolute Gasteiger partial charge is 0.508 e. The van der Waals surface area contributed by atoms with Gasteiger partial charge in [0.25, 0.3) is 0 Å². The fourth-order valence-corrected chi connectivity index (χ4v) is 3.56. The highest BCUT2D eigenvalue weighted by molar-refractivity contribution is 9.10. The number of benzene rings is 1. The summed E-state index contributed by atoms with van der Waals surface area (Å²) in [5.41, 5.74) is 2.11. The van der Waals surface area contributed by atoms with E-state index in [1.807, 2.05) is 11.0 Å². The van der Waals surface area contributed by atoms with Crippen molar-refractivity contribution in [1.82, 2.24) is 10.2 Å². The van der Waals surface area contributed by atoms with E-state index in [0.29, 0.717) is 18.7 Å². The van der Waals surface area contributed by atoms with Crippen LogP contribution in [0.3, 0.4) is 0 Å². The van der Waals surface area contributed by atoms with Crippen molar-refractivity contribution < 1.29 is 9.90 Å². The second kappa shape index (κ2) is 5.13. The molecule has 0 aliphatic carbocycles. The predicted octanol–water partition coefficient (Wildman–Crippen LogP) is 1.96. The molecule has 1 aromatic rings. The van der Waals surface area contributed by atoms with Gasteiger partial charge in [0, 0.05) is 29.5 Å². The number of phenolic OH excluding ortho intramolecular Hbond substituents is 1. The lowest BCUT2D eigenvalue weighted by Crippen LogP contribution is -2.39. The van der Waals surface area contributed by atoms with Crippen LogP contribution in [0.5, 0.6) is 5.75 Å². The van der Waals surface area contributed by atoms with Crippen molar-refractivity contribution in [2.45, 2.75) is 25.3 Å². The standard InChI is InChI=1S/C14H17BrN2O2/c15-10-3-4-12(18)14-9(10)5-6-16-11(14)8-17-7-1-2-13(17)19/h3-4,11,16,18H,1-2,5-8H2. The van der Waals surface area contributed by atoms with Gasteiger partial charge in [-0.15, -0.1) is 0 Å². The number of amides is 1. The van der Waals surface area contributed by atoms with Crippen LogP contribution in [0.1, 0.15) is 30.0 Å². The van der Waals surface area contributed by atoms with Crippen molar-refractivity contribution in [1.29, 1.82) is 0 Å². The summed E-state index contributed by atoms with van der Waals surface area (Å²) in [5.74, 6) is 0.547. The number of phenols is 1. The Hall–Kier alpha value is -1.07. The summed E-state index contributed by atoms with van der Waals surface area (Å²) in [5, 5.41) is 13.5. The highest BCUT2D eigenvalue weighted by Crippen LogP contribution is 2.36. The number of fused-ring (bicyclic) bond motifs is 1. The van der Waals surface area contributed by atoms with Crippen LogP contribution in [0, 0.1) is 0 Å². The molecule has 1 amide bonds. The molecule has 1 aromatic carbocycles. The van der Waals surface area contributed by atoms with Gasteiger partial charge in [-0.05, 0) is 37.1 Å². The summed E-state index contributed by atoms with van der Waals surface area (Å²) in [6, 6.07) is 3.63. The molecule has 2 heterocycles. The molecular formula is C14H17BrN2O2. The molecule has 1 fully saturated rings. The zero-order valence-corrected chi connectivity index (χ0v) is 12.2. The first-order valence-electron chi connectivity index (χ1n) is 6.68. The number of carbonyl (C=O) groups excluding carboxylic acids is 1. The molecule has 102 valence electrons. The highest BCUT2D eigenvalue weighted by Gasteiger charge is 2.29. The molecule has 5 heteroatoms. The van der Waals surface area contributed by atoms with E-state index in [2.05, 4.69) is 21.2 Å². The van der Waals surface area contributed by atoms with E-state index >= 15 is 0 Å². The van der Waals surface area contributed by atoms with Crippen molar-refractivity contribution in [2.24, 2.45) is 0 Å². The smallest absolute Gasteiger partial charge is 0.222 e. The Morgan fingerprint density at radius 2 is 2.26 bits per heavy atom. The van der Waals surface area contributed by atoms with Gasteiger partial charge in [0.05, 0.1) is 6.04 Å². The van der Waals surface area contributed by atoms with Crippen molar-refractivity contribution >= 4 is 21.8 Å². The predicted molar refractivity (Wildman–Crippen MR) is 76.1 cm³/mol. The normalized spacial score (nSPS) is 22.7. The van der Waals surface area contributed by atoms with Crippen molar-refractivity contribution in [2.75, 3.05) is 19.6 Å². The van der Waals surface area contributed by atoms with Gasteiger partial charge in [-0.1, -0.05) is 15.9 Å². The number of rotatable bonds is 2. The molecule has 2 aliphatic heterocycles. The van der Waals surface area contributed by atoms with Crippen molar-refractivity contribution in [3.05, 3.63) is 27.7 Å². The molecule has 1 saturated heterocycles. The molecule has 0 spiro atoms. The average Bonchev–Trinajstić information content (AvgIpc) is 2.80. The minimum absolute atomic E-state index is 0.0308. The Morgan fingerprint density at radius 1 is 1.42 bits per heavy atom. The third kappa shape index (κ3) is 2.37. The van der Waals surface area contributed by atoms with E-state index in [1.54, 1.807) is 6.07 Å². The summed E-state index contributed by atoms with van der Waals surface area (Å²) >= 11 is 3.55. The van der Waals surface area contributed by atoms with Gasteiger partial charge in [-0.25, -0.2) is 0 Å². The van der Waals surface area contributed by atoms with Crippen LogP contribution in [-0.4, -0.2) is 35.5 Å². The van der Waals surface area contributed by atoms with Crippen molar-refractivity contribution in [3.63, 3.8) is 0 Å². The Kier molecular flexibility index (Phi) is 3.50. The summed E-state index contributed by atoms with van der Waals surface area (Å²) in [6.45, 7) is 2.36. The number of halogens is 1. The first-order chi connectivity index (χ1) is 9.16. The van der Waals surface area contributed by atoms with Crippen LogP contribution in [0.25, 0.3) is 0 Å². The summed E-state index contributed by atoms with van der Waals surface area (Å²) < 4.78 is 1.04. The molecule has 4 nitrogen and oxygen atoms in total. The van der Waals surface area contributed by atoms with E-state index in [0.717, 1.165) is 41.5 Å². The molecule has 0 radical (unpaired) electrons. The first-order valence-corrected chi connectivity index (χ1v) is 7.47. The quantitative estimate of drug-likeness (QED) is 0.874. The molecule has 0 saturated carbocycles. The van der Waals surface area contributed by atoms with Crippen LogP contribution in [0.2, 0.25) is 0 Å². The fourth-order valence-electron chi connectivity index (χ4n) is 3.02. The molecule has 1 atom stereocenters. The first kappa shape index (κ1) is 12.9. The van der Waals surface area contributed by atoms with Gasteiger partial charge in [0.1, 0.15) is 5.75 Å². The number of hydrogen-bond donors (Lipinski definition) is 2. The molecule has 0 aromatic heterocycles. The molecule has 1 unspecified atom stereocenters. The van der Waals surface area contributed by atoms with Crippen LogP contribution in [-0.2, 0) is 11.2 Å². The number of nitrogens with zero attached hydrogens (tertiary/aromatic N) is 1. The van der Waals surface area contributed by atoms with Crippen LogP contribution >= 0.6 is 15.9 Å². The maximum Gasteiger partial charge on any atom is 0.222 e. The Labute approximate surface area is 120 Å². The molecule has 2 N–H and O–H groups in total. The summed E-state index contributed by atoms with van der Waals surface area (Å²) in [4.78, 5) is 13.6. The zero-order valence-electron chi connectivity index (χ0n) is 10.7. The summed E-state index contributed by atoms with van der Waals surface area (Å²) in [6.07, 6.45) is 2.50. The number of hydrogen-bond acceptors (Lipinski definition) is 3. The van der Waals surface area contributed by atoms with Crippen LogP contribution in [0.4, 0.5) is 0 Å². The van der Waals surface area contributed by atoms with E-state index in [9.17, 15) is 9.90 Å². The molecule has 0 bridgehead atoms. The Morgan fingerprint density at radius 3 is 3.00 bits per heavy atom. The zero-order chi connectivity index (χ0) is 13.4. The third-order valence-corrected chi connectivity index (χ3v) is 4.71. The van der Waals surface area contributed by atoms with E-state index in [-0.39, 0.29) is 11.9 Å². The van der Waals surface area contributed by atoms with E-state index in [1.165, 1.54) is 0 Å². The van der Waals surface area contributed by atoms with Gasteiger partial charge in [-0.3, -0.25) is 4.79 Å². The topological polar surface area (TPSA) is 52.6 Å². The van der Waals surface area contributed by atoms with Gasteiger partial charge in [0.15, 0.2) is 0 Å². The minimum atomic E-state index is 0.0308. The maximum atomic E-state index is 11.7. The van der Waals surface area contributed by atoms with Crippen LogP contribution in [0.15, 0.2) is 16.6 Å². The van der Waals surface area contributed by atoms with Crippen molar-refractivity contribution in [3.8, 4) is 5.75 Å². The molecular weight excluding hydrogens is 308 g/mol. The number of likely N-dealkylation sites (tertiary alicyclic amines) is 1. The van der Waals surface area contributed by atoms with Gasteiger partial charge in [-0.2, -0.15) is 0 Å². The average molecular weight is 325 g/mol. The van der Waals surface area contributed by atoms with Gasteiger partial charge in [0.2, 0.25) is 5.91 Å². The second-order valence-corrected chi connectivity index (χ2v) is 6.01. The van der Waals surface area contributed by atoms with Gasteiger partial charge >= 0.3 is 0 Å². The molecule has 2 aliphatic rings. The third-order valence-electron chi connectivity index (χ3n) is 3.97. The molecule has 19 heavy (non-hydrogen) atoms. The lowest BCUT2D eigenvalue weighted by atomic mass is 9.93. The highest BCUT2D eigenvalue weighted by atomic mass is 79.9. The lowest BCUT2D eigenvalue weighted by Gasteiger charge is -2.31. The number of carbonyl (C=O) groups is 1. The minimum Gasteiger partial charge on any atom is -0.508 e. The monoisotopic (exact) mass is 324 g/mol. The maximum absolute atomic E-state index is 11.7. The SMILES string of the molecule is O=C1CCCN1CC1NCCc2c(Br)ccc(O)c21. The Balaban J connectivity index is 1.89. The van der Waals surface area contributed by atoms with E-state index in [4.69, 9.17) is 0 Å². The molecule has 3 rings (SSSR count). The van der Waals surface area contributed by atoms with Gasteiger partial charge < -0.3 is 15.3 Å². The van der Waals surface area contributed by atoms with Crippen LogP contribution < -0.4 is 5.32 Å². The summed E-state index contributed by atoms with van der Waals surface area (Å²) in [7, 11) is 0. The van der Waals surface area contributed by atoms with E-state index < -0.39 is 0 Å². The Bertz CT molecular complexity index is 518.